The van der Waals surface area contributed by atoms with Crippen LogP contribution >= 0.6 is 0 Å². The highest BCUT2D eigenvalue weighted by Crippen LogP contribution is 2.45. The quantitative estimate of drug-likeness (QED) is 0.733. The normalized spacial score (nSPS) is 21.4. The topological polar surface area (TPSA) is 55.4 Å². The molecular formula is C26H27NO3. The molecule has 1 N–H and O–H groups in total. The van der Waals surface area contributed by atoms with Gasteiger partial charge in [0.25, 0.3) is 0 Å². The van der Waals surface area contributed by atoms with Gasteiger partial charge in [-0.15, -0.1) is 0 Å². The number of Topliss-reactive ketones (excluding diaryl/α,β-unsaturated/α-hetero) is 1. The standard InChI is InChI=1S/C26H27NO3/c1-16(2)30-26(29)23-17(3)27-21-14-20(18-10-6-4-7-11-18)15-22(28)25(21)24(23)19-12-8-5-9-13-19/h4-13,16,20,24,27H,14-15H2,1-3H3/t20-,24+/m0/s1. The fourth-order valence-corrected chi connectivity index (χ4v) is 4.53. The third-order valence-corrected chi connectivity index (χ3v) is 5.79. The molecule has 0 bridgehead atoms. The molecule has 1 aliphatic heterocycles. The average molecular weight is 402 g/mol. The summed E-state index contributed by atoms with van der Waals surface area (Å²) in [4.78, 5) is 26.4. The van der Waals surface area contributed by atoms with Crippen LogP contribution in [-0.4, -0.2) is 17.9 Å². The van der Waals surface area contributed by atoms with Crippen molar-refractivity contribution in [1.29, 1.82) is 0 Å². The molecule has 0 fully saturated rings. The smallest absolute Gasteiger partial charge is 0.337 e. The zero-order valence-electron chi connectivity index (χ0n) is 17.6. The van der Waals surface area contributed by atoms with Crippen molar-refractivity contribution in [3.63, 3.8) is 0 Å². The Labute approximate surface area is 177 Å². The van der Waals surface area contributed by atoms with E-state index >= 15 is 0 Å². The number of allylic oxidation sites excluding steroid dienone is 3. The van der Waals surface area contributed by atoms with E-state index in [9.17, 15) is 9.59 Å². The van der Waals surface area contributed by atoms with E-state index in [0.717, 1.165) is 23.4 Å². The maximum Gasteiger partial charge on any atom is 0.337 e. The molecule has 4 heteroatoms. The van der Waals surface area contributed by atoms with Gasteiger partial charge in [0.1, 0.15) is 0 Å². The molecular weight excluding hydrogens is 374 g/mol. The Balaban J connectivity index is 1.78. The first-order valence-corrected chi connectivity index (χ1v) is 10.5. The number of carbonyl (C=O) groups excluding carboxylic acids is 2. The van der Waals surface area contributed by atoms with E-state index in [4.69, 9.17) is 4.74 Å². The Morgan fingerprint density at radius 2 is 1.57 bits per heavy atom. The summed E-state index contributed by atoms with van der Waals surface area (Å²) in [6.45, 7) is 5.57. The largest absolute Gasteiger partial charge is 0.460 e. The van der Waals surface area contributed by atoms with Gasteiger partial charge in [-0.2, -0.15) is 0 Å². The second-order valence-electron chi connectivity index (χ2n) is 8.29. The van der Waals surface area contributed by atoms with Crippen LogP contribution in [-0.2, 0) is 14.3 Å². The average Bonchev–Trinajstić information content (AvgIpc) is 2.73. The van der Waals surface area contributed by atoms with E-state index in [1.54, 1.807) is 0 Å². The van der Waals surface area contributed by atoms with Crippen LogP contribution in [0.15, 0.2) is 83.2 Å². The lowest BCUT2D eigenvalue weighted by Gasteiger charge is -2.37. The van der Waals surface area contributed by atoms with E-state index < -0.39 is 5.92 Å². The molecule has 0 saturated carbocycles. The summed E-state index contributed by atoms with van der Waals surface area (Å²) in [5.41, 5.74) is 5.02. The number of hydrogen-bond acceptors (Lipinski definition) is 4. The molecule has 2 atom stereocenters. The Morgan fingerprint density at radius 1 is 0.967 bits per heavy atom. The maximum absolute atomic E-state index is 13.4. The summed E-state index contributed by atoms with van der Waals surface area (Å²) in [7, 11) is 0. The zero-order chi connectivity index (χ0) is 21.3. The van der Waals surface area contributed by atoms with E-state index in [2.05, 4.69) is 17.4 Å². The van der Waals surface area contributed by atoms with Crippen molar-refractivity contribution in [2.45, 2.75) is 51.6 Å². The summed E-state index contributed by atoms with van der Waals surface area (Å²) in [5, 5.41) is 3.39. The molecule has 1 aliphatic carbocycles. The third-order valence-electron chi connectivity index (χ3n) is 5.79. The fourth-order valence-electron chi connectivity index (χ4n) is 4.53. The second-order valence-corrected chi connectivity index (χ2v) is 8.29. The van der Waals surface area contributed by atoms with Crippen molar-refractivity contribution in [2.24, 2.45) is 0 Å². The van der Waals surface area contributed by atoms with Gasteiger partial charge in [-0.1, -0.05) is 60.7 Å². The number of carbonyl (C=O) groups is 2. The van der Waals surface area contributed by atoms with Crippen molar-refractivity contribution in [3.05, 3.63) is 94.3 Å². The monoisotopic (exact) mass is 401 g/mol. The molecule has 2 aromatic carbocycles. The van der Waals surface area contributed by atoms with Crippen LogP contribution in [0.25, 0.3) is 0 Å². The minimum absolute atomic E-state index is 0.0915. The summed E-state index contributed by atoms with van der Waals surface area (Å²) in [5.74, 6) is -0.543. The fraction of sp³-hybridized carbons (Fsp3) is 0.308. The van der Waals surface area contributed by atoms with Crippen LogP contribution in [0.3, 0.4) is 0 Å². The molecule has 0 saturated heterocycles. The lowest BCUT2D eigenvalue weighted by Crippen LogP contribution is -2.36. The number of rotatable bonds is 4. The highest BCUT2D eigenvalue weighted by molar-refractivity contribution is 6.04. The first-order valence-electron chi connectivity index (χ1n) is 10.5. The Hall–Kier alpha value is -3.14. The molecule has 4 rings (SSSR count). The van der Waals surface area contributed by atoms with Crippen molar-refractivity contribution < 1.29 is 14.3 Å². The first kappa shape index (κ1) is 20.1. The summed E-state index contributed by atoms with van der Waals surface area (Å²) < 4.78 is 5.55. The highest BCUT2D eigenvalue weighted by Gasteiger charge is 2.41. The Bertz CT molecular complexity index is 1020. The van der Waals surface area contributed by atoms with Crippen molar-refractivity contribution in [1.82, 2.24) is 5.32 Å². The van der Waals surface area contributed by atoms with Gasteiger partial charge in [-0.25, -0.2) is 4.79 Å². The van der Waals surface area contributed by atoms with Crippen LogP contribution < -0.4 is 5.32 Å². The first-order chi connectivity index (χ1) is 14.5. The molecule has 2 aromatic rings. The number of dihydropyridines is 1. The van der Waals surface area contributed by atoms with Gasteiger partial charge >= 0.3 is 5.97 Å². The molecule has 0 spiro atoms. The van der Waals surface area contributed by atoms with Gasteiger partial charge in [0.15, 0.2) is 5.78 Å². The van der Waals surface area contributed by atoms with Gasteiger partial charge in [0.05, 0.1) is 11.7 Å². The summed E-state index contributed by atoms with van der Waals surface area (Å²) in [6.07, 6.45) is 0.964. The maximum atomic E-state index is 13.4. The van der Waals surface area contributed by atoms with E-state index in [1.807, 2.05) is 69.3 Å². The summed E-state index contributed by atoms with van der Waals surface area (Å²) >= 11 is 0. The number of ether oxygens (including phenoxy) is 1. The van der Waals surface area contributed by atoms with Gasteiger partial charge in [-0.05, 0) is 44.2 Å². The molecule has 154 valence electrons. The number of hydrogen-bond donors (Lipinski definition) is 1. The van der Waals surface area contributed by atoms with Gasteiger partial charge in [0, 0.05) is 29.3 Å². The van der Waals surface area contributed by atoms with Crippen LogP contribution in [0.4, 0.5) is 0 Å². The predicted molar refractivity (Wildman–Crippen MR) is 117 cm³/mol. The summed E-state index contributed by atoms with van der Waals surface area (Å²) in [6, 6.07) is 20.0. The van der Waals surface area contributed by atoms with Crippen LogP contribution in [0.2, 0.25) is 0 Å². The molecule has 0 amide bonds. The molecule has 1 heterocycles. The lowest BCUT2D eigenvalue weighted by molar-refractivity contribution is -0.143. The SMILES string of the molecule is CC1=C(C(=O)OC(C)C)[C@@H](c2ccccc2)C2=C(C[C@H](c3ccccc3)CC2=O)N1. The Kier molecular flexibility index (Phi) is 5.58. The van der Waals surface area contributed by atoms with Crippen molar-refractivity contribution in [3.8, 4) is 0 Å². The van der Waals surface area contributed by atoms with Crippen molar-refractivity contribution >= 4 is 11.8 Å². The zero-order valence-corrected chi connectivity index (χ0v) is 17.6. The highest BCUT2D eigenvalue weighted by atomic mass is 16.5. The van der Waals surface area contributed by atoms with Crippen LogP contribution in [0.1, 0.15) is 56.6 Å². The lowest BCUT2D eigenvalue weighted by atomic mass is 9.72. The van der Waals surface area contributed by atoms with Gasteiger partial charge in [-0.3, -0.25) is 4.79 Å². The number of nitrogens with one attached hydrogen (secondary N) is 1. The molecule has 2 aliphatic rings. The second kappa shape index (κ2) is 8.31. The van der Waals surface area contributed by atoms with E-state index in [0.29, 0.717) is 17.6 Å². The van der Waals surface area contributed by atoms with Gasteiger partial charge in [0.2, 0.25) is 0 Å². The third kappa shape index (κ3) is 3.82. The van der Waals surface area contributed by atoms with E-state index in [-0.39, 0.29) is 23.8 Å². The molecule has 0 unspecified atom stereocenters. The number of benzene rings is 2. The van der Waals surface area contributed by atoms with Gasteiger partial charge < -0.3 is 10.1 Å². The van der Waals surface area contributed by atoms with Crippen LogP contribution in [0, 0.1) is 0 Å². The van der Waals surface area contributed by atoms with E-state index in [1.165, 1.54) is 5.56 Å². The molecule has 0 aromatic heterocycles. The van der Waals surface area contributed by atoms with Crippen molar-refractivity contribution in [2.75, 3.05) is 0 Å². The molecule has 0 radical (unpaired) electrons. The minimum atomic E-state index is -0.405. The Morgan fingerprint density at radius 3 is 2.17 bits per heavy atom. The molecule has 30 heavy (non-hydrogen) atoms. The number of ketones is 1. The predicted octanol–water partition coefficient (Wildman–Crippen LogP) is 5.00. The number of esters is 1. The molecule has 4 nitrogen and oxygen atoms in total. The minimum Gasteiger partial charge on any atom is -0.460 e. The van der Waals surface area contributed by atoms with Crippen LogP contribution in [0.5, 0.6) is 0 Å².